The number of benzene rings is 1. The summed E-state index contributed by atoms with van der Waals surface area (Å²) < 4.78 is 14.7. The molecule has 1 N–H and O–H groups in total. The highest BCUT2D eigenvalue weighted by Crippen LogP contribution is 2.25. The topological polar surface area (TPSA) is 121 Å². The minimum absolute atomic E-state index is 0.0161. The first-order valence-electron chi connectivity index (χ1n) is 6.76. The first-order valence-corrected chi connectivity index (χ1v) is 6.76. The average molecular weight is 334 g/mol. The van der Waals surface area contributed by atoms with Gasteiger partial charge in [-0.2, -0.15) is 0 Å². The normalized spacial score (nSPS) is 10.1. The van der Waals surface area contributed by atoms with E-state index in [0.717, 1.165) is 6.07 Å². The van der Waals surface area contributed by atoms with Gasteiger partial charge in [0, 0.05) is 13.1 Å². The molecule has 2 aromatic rings. The highest BCUT2D eigenvalue weighted by Gasteiger charge is 2.18. The number of anilines is 1. The molecule has 0 unspecified atom stereocenters. The third-order valence-corrected chi connectivity index (χ3v) is 3.09. The van der Waals surface area contributed by atoms with Gasteiger partial charge in [-0.25, -0.2) is 9.59 Å². The largest absolute Gasteiger partial charge is 0.463 e. The second-order valence-electron chi connectivity index (χ2n) is 4.57. The zero-order chi connectivity index (χ0) is 17.7. The summed E-state index contributed by atoms with van der Waals surface area (Å²) >= 11 is 0. The van der Waals surface area contributed by atoms with Gasteiger partial charge >= 0.3 is 11.9 Å². The van der Waals surface area contributed by atoms with Crippen LogP contribution in [0.3, 0.4) is 0 Å². The molecule has 0 aliphatic heterocycles. The lowest BCUT2D eigenvalue weighted by Crippen LogP contribution is -2.06. The quantitative estimate of drug-likeness (QED) is 0.485. The van der Waals surface area contributed by atoms with Crippen molar-refractivity contribution in [2.24, 2.45) is 0 Å². The number of nitrogens with one attached hydrogen (secondary N) is 1. The van der Waals surface area contributed by atoms with Crippen molar-refractivity contribution >= 4 is 23.3 Å². The smallest absolute Gasteiger partial charge is 0.373 e. The SMILES string of the molecule is CNc1ccc(C(=O)OCc2ccc(C(=O)OC)o2)cc1[N+](=O)[O-]. The Balaban J connectivity index is 2.07. The molecule has 1 aromatic carbocycles. The van der Waals surface area contributed by atoms with Crippen molar-refractivity contribution in [2.45, 2.75) is 6.61 Å². The lowest BCUT2D eigenvalue weighted by molar-refractivity contribution is -0.384. The van der Waals surface area contributed by atoms with E-state index in [2.05, 4.69) is 10.1 Å². The summed E-state index contributed by atoms with van der Waals surface area (Å²) in [5.41, 5.74) is 0.0729. The average Bonchev–Trinajstić information content (AvgIpc) is 3.07. The van der Waals surface area contributed by atoms with Crippen LogP contribution in [-0.2, 0) is 16.1 Å². The van der Waals surface area contributed by atoms with Crippen molar-refractivity contribution in [3.63, 3.8) is 0 Å². The van der Waals surface area contributed by atoms with Crippen LogP contribution in [0, 0.1) is 10.1 Å². The van der Waals surface area contributed by atoms with Crippen molar-refractivity contribution in [1.29, 1.82) is 0 Å². The molecule has 9 heteroatoms. The molecule has 0 fully saturated rings. The van der Waals surface area contributed by atoms with Gasteiger partial charge in [-0.3, -0.25) is 10.1 Å². The molecule has 0 saturated heterocycles. The molecule has 0 saturated carbocycles. The Morgan fingerprint density at radius 3 is 2.62 bits per heavy atom. The summed E-state index contributed by atoms with van der Waals surface area (Å²) in [5, 5.41) is 13.7. The molecular formula is C15H14N2O7. The fourth-order valence-electron chi connectivity index (χ4n) is 1.91. The van der Waals surface area contributed by atoms with E-state index in [4.69, 9.17) is 9.15 Å². The number of carbonyl (C=O) groups excluding carboxylic acids is 2. The van der Waals surface area contributed by atoms with E-state index in [0.29, 0.717) is 0 Å². The van der Waals surface area contributed by atoms with E-state index in [1.54, 1.807) is 0 Å². The standard InChI is InChI=1S/C15H14N2O7/c1-16-11-5-3-9(7-12(11)17(20)21)14(18)23-8-10-4-6-13(24-10)15(19)22-2/h3-7,16H,8H2,1-2H3. The summed E-state index contributed by atoms with van der Waals surface area (Å²) in [6.07, 6.45) is 0. The Bertz CT molecular complexity index is 782. The van der Waals surface area contributed by atoms with Crippen molar-refractivity contribution in [3.05, 3.63) is 57.5 Å². The number of carbonyl (C=O) groups is 2. The molecule has 0 spiro atoms. The summed E-state index contributed by atoms with van der Waals surface area (Å²) in [6, 6.07) is 6.80. The minimum Gasteiger partial charge on any atom is -0.463 e. The third kappa shape index (κ3) is 3.69. The monoisotopic (exact) mass is 334 g/mol. The van der Waals surface area contributed by atoms with E-state index in [1.807, 2.05) is 0 Å². The van der Waals surface area contributed by atoms with Gasteiger partial charge in [-0.15, -0.1) is 0 Å². The van der Waals surface area contributed by atoms with Crippen molar-refractivity contribution in [1.82, 2.24) is 0 Å². The maximum atomic E-state index is 12.0. The summed E-state index contributed by atoms with van der Waals surface area (Å²) in [6.45, 7) is -0.225. The molecule has 0 amide bonds. The van der Waals surface area contributed by atoms with Gasteiger partial charge in [0.25, 0.3) is 5.69 Å². The number of nitro groups is 1. The second-order valence-corrected chi connectivity index (χ2v) is 4.57. The molecule has 0 atom stereocenters. The molecule has 0 bridgehead atoms. The van der Waals surface area contributed by atoms with Crippen LogP contribution < -0.4 is 5.32 Å². The molecule has 1 heterocycles. The first-order chi connectivity index (χ1) is 11.5. The maximum absolute atomic E-state index is 12.0. The minimum atomic E-state index is -0.753. The van der Waals surface area contributed by atoms with Crippen molar-refractivity contribution in [2.75, 3.05) is 19.5 Å². The zero-order valence-corrected chi connectivity index (χ0v) is 12.9. The Morgan fingerprint density at radius 1 is 1.25 bits per heavy atom. The zero-order valence-electron chi connectivity index (χ0n) is 12.9. The van der Waals surface area contributed by atoms with Crippen LogP contribution in [0.2, 0.25) is 0 Å². The number of nitro benzene ring substituents is 1. The van der Waals surface area contributed by atoms with Gasteiger partial charge < -0.3 is 19.2 Å². The molecular weight excluding hydrogens is 320 g/mol. The van der Waals surface area contributed by atoms with Gasteiger partial charge in [0.2, 0.25) is 5.76 Å². The first kappa shape index (κ1) is 17.0. The number of rotatable bonds is 6. The third-order valence-electron chi connectivity index (χ3n) is 3.09. The van der Waals surface area contributed by atoms with Gasteiger partial charge in [0.15, 0.2) is 0 Å². The van der Waals surface area contributed by atoms with Gasteiger partial charge in [-0.05, 0) is 24.3 Å². The second kappa shape index (κ2) is 7.27. The van der Waals surface area contributed by atoms with Crippen molar-refractivity contribution < 1.29 is 28.4 Å². The van der Waals surface area contributed by atoms with Crippen LogP contribution in [0.1, 0.15) is 26.7 Å². The number of nitrogens with zero attached hydrogens (tertiary/aromatic N) is 1. The predicted octanol–water partition coefficient (Wildman–Crippen LogP) is 2.37. The maximum Gasteiger partial charge on any atom is 0.373 e. The predicted molar refractivity (Wildman–Crippen MR) is 81.8 cm³/mol. The number of methoxy groups -OCH3 is 1. The van der Waals surface area contributed by atoms with Gasteiger partial charge in [0.05, 0.1) is 17.6 Å². The highest BCUT2D eigenvalue weighted by molar-refractivity contribution is 5.91. The van der Waals surface area contributed by atoms with Crippen LogP contribution in [-0.4, -0.2) is 31.0 Å². The van der Waals surface area contributed by atoms with Gasteiger partial charge in [0.1, 0.15) is 18.1 Å². The molecule has 0 radical (unpaired) electrons. The molecule has 0 aliphatic rings. The van der Waals surface area contributed by atoms with Crippen LogP contribution in [0.4, 0.5) is 11.4 Å². The molecule has 1 aromatic heterocycles. The molecule has 9 nitrogen and oxygen atoms in total. The van der Waals surface area contributed by atoms with E-state index < -0.39 is 16.9 Å². The van der Waals surface area contributed by atoms with Crippen LogP contribution in [0.25, 0.3) is 0 Å². The van der Waals surface area contributed by atoms with E-state index in [-0.39, 0.29) is 35.1 Å². The lowest BCUT2D eigenvalue weighted by Gasteiger charge is -2.05. The fourth-order valence-corrected chi connectivity index (χ4v) is 1.91. The summed E-state index contributed by atoms with van der Waals surface area (Å²) in [4.78, 5) is 33.6. The van der Waals surface area contributed by atoms with Crippen LogP contribution in [0.15, 0.2) is 34.7 Å². The lowest BCUT2D eigenvalue weighted by atomic mass is 10.1. The summed E-state index contributed by atoms with van der Waals surface area (Å²) in [7, 11) is 2.75. The van der Waals surface area contributed by atoms with Crippen LogP contribution >= 0.6 is 0 Å². The number of hydrogen-bond acceptors (Lipinski definition) is 8. The van der Waals surface area contributed by atoms with Crippen LogP contribution in [0.5, 0.6) is 0 Å². The van der Waals surface area contributed by atoms with Crippen molar-refractivity contribution in [3.8, 4) is 0 Å². The number of ether oxygens (including phenoxy) is 2. The highest BCUT2D eigenvalue weighted by atomic mass is 16.6. The fraction of sp³-hybridized carbons (Fsp3) is 0.200. The van der Waals surface area contributed by atoms with E-state index in [1.165, 1.54) is 38.4 Å². The molecule has 0 aliphatic carbocycles. The molecule has 2 rings (SSSR count). The van der Waals surface area contributed by atoms with E-state index >= 15 is 0 Å². The summed E-state index contributed by atoms with van der Waals surface area (Å²) in [5.74, 6) is -1.18. The number of furan rings is 1. The Hall–Kier alpha value is -3.36. The number of esters is 2. The number of hydrogen-bond donors (Lipinski definition) is 1. The Kier molecular flexibility index (Phi) is 5.15. The van der Waals surface area contributed by atoms with E-state index in [9.17, 15) is 19.7 Å². The molecule has 126 valence electrons. The molecule has 24 heavy (non-hydrogen) atoms. The van der Waals surface area contributed by atoms with Gasteiger partial charge in [-0.1, -0.05) is 0 Å². The Morgan fingerprint density at radius 2 is 2.00 bits per heavy atom. The Labute approximate surface area is 136 Å².